The first-order chi connectivity index (χ1) is 8.40. The maximum atomic E-state index is 13.1. The Kier molecular flexibility index (Phi) is 7.18. The van der Waals surface area contributed by atoms with E-state index in [1.165, 1.54) is 18.2 Å². The molecular weight excluding hydrogens is 275 g/mol. The number of halogens is 2. The summed E-state index contributed by atoms with van der Waals surface area (Å²) >= 11 is 0. The first-order valence-electron chi connectivity index (χ1n) is 5.58. The molecule has 0 saturated heterocycles. The number of nitrogens with one attached hydrogen (secondary N) is 1. The largest absolute Gasteiger partial charge is 0.489 e. The van der Waals surface area contributed by atoms with Crippen molar-refractivity contribution in [3.63, 3.8) is 0 Å². The molecule has 0 bridgehead atoms. The van der Waals surface area contributed by atoms with Crippen LogP contribution in [0.3, 0.4) is 0 Å². The van der Waals surface area contributed by atoms with Crippen LogP contribution in [-0.2, 0) is 0 Å². The maximum absolute atomic E-state index is 13.1. The van der Waals surface area contributed by atoms with E-state index in [0.29, 0.717) is 11.3 Å². The van der Waals surface area contributed by atoms with Gasteiger partial charge in [-0.2, -0.15) is 0 Å². The van der Waals surface area contributed by atoms with Crippen LogP contribution >= 0.6 is 12.4 Å². The standard InChI is InChI=1S/C12H17FN2O3.ClH/c1-7(6-15-12(16)17)18-11-4-3-9(13)5-10(11)8(2)14;/h3-5,7-8,15H,6,14H2,1-2H3,(H,16,17);1H. The molecule has 108 valence electrons. The van der Waals surface area contributed by atoms with E-state index < -0.39 is 6.09 Å². The van der Waals surface area contributed by atoms with Crippen LogP contribution in [0.2, 0.25) is 0 Å². The molecule has 1 aromatic carbocycles. The fourth-order valence-electron chi connectivity index (χ4n) is 1.47. The second-order valence-electron chi connectivity index (χ2n) is 4.09. The lowest BCUT2D eigenvalue weighted by Gasteiger charge is -2.19. The molecular formula is C12H18ClFN2O3. The summed E-state index contributed by atoms with van der Waals surface area (Å²) in [7, 11) is 0. The molecule has 0 aromatic heterocycles. The minimum Gasteiger partial charge on any atom is -0.489 e. The average Bonchev–Trinajstić information content (AvgIpc) is 2.28. The molecule has 0 saturated carbocycles. The smallest absolute Gasteiger partial charge is 0.404 e. The van der Waals surface area contributed by atoms with Gasteiger partial charge in [-0.3, -0.25) is 0 Å². The van der Waals surface area contributed by atoms with E-state index in [0.717, 1.165) is 0 Å². The first kappa shape index (κ1) is 17.5. The zero-order valence-electron chi connectivity index (χ0n) is 10.7. The van der Waals surface area contributed by atoms with Crippen molar-refractivity contribution in [1.82, 2.24) is 5.32 Å². The number of carbonyl (C=O) groups is 1. The molecule has 1 aromatic rings. The van der Waals surface area contributed by atoms with E-state index in [1.807, 2.05) is 0 Å². The summed E-state index contributed by atoms with van der Waals surface area (Å²) in [6, 6.07) is 3.72. The van der Waals surface area contributed by atoms with Crippen molar-refractivity contribution in [3.8, 4) is 5.75 Å². The van der Waals surface area contributed by atoms with Crippen LogP contribution in [0, 0.1) is 5.82 Å². The molecule has 2 unspecified atom stereocenters. The van der Waals surface area contributed by atoms with Crippen LogP contribution in [0.1, 0.15) is 25.5 Å². The normalized spacial score (nSPS) is 13.1. The number of hydrogen-bond donors (Lipinski definition) is 3. The second kappa shape index (κ2) is 7.81. The fourth-order valence-corrected chi connectivity index (χ4v) is 1.47. The highest BCUT2D eigenvalue weighted by Crippen LogP contribution is 2.25. The Morgan fingerprint density at radius 3 is 2.68 bits per heavy atom. The van der Waals surface area contributed by atoms with E-state index in [9.17, 15) is 9.18 Å². The van der Waals surface area contributed by atoms with Crippen molar-refractivity contribution in [3.05, 3.63) is 29.6 Å². The highest BCUT2D eigenvalue weighted by molar-refractivity contribution is 5.85. The summed E-state index contributed by atoms with van der Waals surface area (Å²) in [6.07, 6.45) is -1.49. The lowest BCUT2D eigenvalue weighted by molar-refractivity contribution is 0.178. The van der Waals surface area contributed by atoms with Gasteiger partial charge in [0.2, 0.25) is 0 Å². The fraction of sp³-hybridized carbons (Fsp3) is 0.417. The number of nitrogens with two attached hydrogens (primary N) is 1. The van der Waals surface area contributed by atoms with Gasteiger partial charge in [0.1, 0.15) is 17.7 Å². The molecule has 5 nitrogen and oxygen atoms in total. The monoisotopic (exact) mass is 292 g/mol. The van der Waals surface area contributed by atoms with Crippen LogP contribution in [0.25, 0.3) is 0 Å². The molecule has 0 aliphatic carbocycles. The number of ether oxygens (including phenoxy) is 1. The molecule has 0 aliphatic heterocycles. The highest BCUT2D eigenvalue weighted by atomic mass is 35.5. The minimum absolute atomic E-state index is 0. The van der Waals surface area contributed by atoms with E-state index >= 15 is 0 Å². The number of hydrogen-bond acceptors (Lipinski definition) is 3. The van der Waals surface area contributed by atoms with Crippen molar-refractivity contribution in [2.45, 2.75) is 26.0 Å². The summed E-state index contributed by atoms with van der Waals surface area (Å²) in [4.78, 5) is 10.3. The Hall–Kier alpha value is -1.53. The molecule has 4 N–H and O–H groups in total. The van der Waals surface area contributed by atoms with Gasteiger partial charge < -0.3 is 20.9 Å². The molecule has 2 atom stereocenters. The molecule has 0 spiro atoms. The Morgan fingerprint density at radius 1 is 1.53 bits per heavy atom. The van der Waals surface area contributed by atoms with E-state index in [2.05, 4.69) is 5.32 Å². The molecule has 0 radical (unpaired) electrons. The number of rotatable bonds is 5. The van der Waals surface area contributed by atoms with Gasteiger partial charge in [-0.1, -0.05) is 0 Å². The van der Waals surface area contributed by atoms with Gasteiger partial charge in [0.05, 0.1) is 6.54 Å². The van der Waals surface area contributed by atoms with Crippen LogP contribution in [0.4, 0.5) is 9.18 Å². The van der Waals surface area contributed by atoms with Gasteiger partial charge in [-0.05, 0) is 32.0 Å². The number of amides is 1. The minimum atomic E-state index is -1.11. The molecule has 0 fully saturated rings. The van der Waals surface area contributed by atoms with Crippen LogP contribution in [0.5, 0.6) is 5.75 Å². The van der Waals surface area contributed by atoms with Gasteiger partial charge in [-0.15, -0.1) is 12.4 Å². The summed E-state index contributed by atoms with van der Waals surface area (Å²) in [6.45, 7) is 3.58. The van der Waals surface area contributed by atoms with Crippen molar-refractivity contribution in [2.75, 3.05) is 6.54 Å². The second-order valence-corrected chi connectivity index (χ2v) is 4.09. The Balaban J connectivity index is 0.00000324. The molecule has 19 heavy (non-hydrogen) atoms. The maximum Gasteiger partial charge on any atom is 0.404 e. The van der Waals surface area contributed by atoms with E-state index in [4.69, 9.17) is 15.6 Å². The van der Waals surface area contributed by atoms with Crippen molar-refractivity contribution >= 4 is 18.5 Å². The number of carboxylic acid groups (broad SMARTS) is 1. The van der Waals surface area contributed by atoms with E-state index in [-0.39, 0.29) is 36.9 Å². The average molecular weight is 293 g/mol. The van der Waals surface area contributed by atoms with Gasteiger partial charge in [0, 0.05) is 11.6 Å². The van der Waals surface area contributed by atoms with Crippen LogP contribution in [-0.4, -0.2) is 23.8 Å². The summed E-state index contributed by atoms with van der Waals surface area (Å²) in [5, 5.41) is 10.7. The highest BCUT2D eigenvalue weighted by Gasteiger charge is 2.13. The van der Waals surface area contributed by atoms with Crippen LogP contribution in [0.15, 0.2) is 18.2 Å². The van der Waals surface area contributed by atoms with Gasteiger partial charge in [0.25, 0.3) is 0 Å². The Morgan fingerprint density at radius 2 is 2.16 bits per heavy atom. The third-order valence-corrected chi connectivity index (χ3v) is 2.33. The first-order valence-corrected chi connectivity index (χ1v) is 5.58. The van der Waals surface area contributed by atoms with Gasteiger partial charge in [-0.25, -0.2) is 9.18 Å². The molecule has 0 aliphatic rings. The summed E-state index contributed by atoms with van der Waals surface area (Å²) in [5.41, 5.74) is 6.28. The quantitative estimate of drug-likeness (QED) is 0.777. The predicted octanol–water partition coefficient (Wildman–Crippen LogP) is 2.30. The molecule has 0 heterocycles. The zero-order valence-corrected chi connectivity index (χ0v) is 11.5. The zero-order chi connectivity index (χ0) is 13.7. The Bertz CT molecular complexity index is 429. The molecule has 7 heteroatoms. The van der Waals surface area contributed by atoms with Crippen molar-refractivity contribution < 1.29 is 19.0 Å². The van der Waals surface area contributed by atoms with Gasteiger partial charge >= 0.3 is 6.09 Å². The lowest BCUT2D eigenvalue weighted by Crippen LogP contribution is -2.32. The topological polar surface area (TPSA) is 84.6 Å². The van der Waals surface area contributed by atoms with E-state index in [1.54, 1.807) is 13.8 Å². The third kappa shape index (κ3) is 5.76. The summed E-state index contributed by atoms with van der Waals surface area (Å²) in [5.74, 6) is 0.0806. The lowest BCUT2D eigenvalue weighted by atomic mass is 10.1. The molecule has 1 rings (SSSR count). The predicted molar refractivity (Wildman–Crippen MR) is 72.4 cm³/mol. The SMILES string of the molecule is CC(CNC(=O)O)Oc1ccc(F)cc1C(C)N.Cl. The summed E-state index contributed by atoms with van der Waals surface area (Å²) < 4.78 is 18.6. The van der Waals surface area contributed by atoms with Crippen molar-refractivity contribution in [2.24, 2.45) is 5.73 Å². The molecule has 1 amide bonds. The third-order valence-electron chi connectivity index (χ3n) is 2.33. The van der Waals surface area contributed by atoms with Crippen LogP contribution < -0.4 is 15.8 Å². The van der Waals surface area contributed by atoms with Crippen molar-refractivity contribution in [1.29, 1.82) is 0 Å². The number of benzene rings is 1. The Labute approximate surface area is 117 Å². The van der Waals surface area contributed by atoms with Gasteiger partial charge in [0.15, 0.2) is 0 Å².